The first kappa shape index (κ1) is 10.3. The van der Waals surface area contributed by atoms with Gasteiger partial charge in [-0.2, -0.15) is 0 Å². The van der Waals surface area contributed by atoms with Crippen molar-refractivity contribution in [3.05, 3.63) is 0 Å². The zero-order valence-corrected chi connectivity index (χ0v) is 10.8. The smallest absolute Gasteiger partial charge is 0.0338 e. The third-order valence-corrected chi connectivity index (χ3v) is 17.7. The van der Waals surface area contributed by atoms with Gasteiger partial charge >= 0.3 is 0 Å². The lowest BCUT2D eigenvalue weighted by Gasteiger charge is -1.94. The summed E-state index contributed by atoms with van der Waals surface area (Å²) in [6.45, 7) is 4.58. The van der Waals surface area contributed by atoms with Crippen LogP contribution in [0.15, 0.2) is 0 Å². The van der Waals surface area contributed by atoms with Crippen molar-refractivity contribution in [2.75, 3.05) is 13.3 Å². The molecule has 0 amide bonds. The largest absolute Gasteiger partial charge is 0.107 e. The standard InChI is InChI=1S/C2H10P6/c1-4-5-6-7-8(2)3/h4,7H,3H2,1-2H3/t8-/m0/s1. The molecule has 0 radical (unpaired) electrons. The Morgan fingerprint density at radius 1 is 1.50 bits per heavy atom. The summed E-state index contributed by atoms with van der Waals surface area (Å²) < 4.78 is 0. The van der Waals surface area contributed by atoms with E-state index in [1.54, 1.807) is 15.1 Å². The molecule has 0 aliphatic heterocycles. The SMILES string of the molecule is CPP=PP[P@@](C)P. The summed E-state index contributed by atoms with van der Waals surface area (Å²) in [7, 11) is 8.82. The summed E-state index contributed by atoms with van der Waals surface area (Å²) in [6, 6.07) is 0. The molecule has 0 fully saturated rings. The molecule has 4 atom stereocenters. The zero-order valence-electron chi connectivity index (χ0n) is 4.92. The van der Waals surface area contributed by atoms with Gasteiger partial charge in [0.15, 0.2) is 0 Å². The lowest BCUT2D eigenvalue weighted by molar-refractivity contribution is 2.50. The van der Waals surface area contributed by atoms with Crippen molar-refractivity contribution in [1.82, 2.24) is 0 Å². The molecule has 0 bridgehead atoms. The van der Waals surface area contributed by atoms with Crippen LogP contribution in [-0.2, 0) is 0 Å². The van der Waals surface area contributed by atoms with E-state index in [1.807, 2.05) is 0 Å². The Morgan fingerprint density at radius 3 is 2.50 bits per heavy atom. The molecule has 0 heterocycles. The molecular formula is C2H10P6. The van der Waals surface area contributed by atoms with Crippen LogP contribution in [0.4, 0.5) is 0 Å². The minimum atomic E-state index is 0.318. The summed E-state index contributed by atoms with van der Waals surface area (Å²) in [5.74, 6) is 0. The lowest BCUT2D eigenvalue weighted by atomic mass is 12.0. The first-order chi connectivity index (χ1) is 3.77. The van der Waals surface area contributed by atoms with Crippen molar-refractivity contribution in [3.63, 3.8) is 0 Å². The van der Waals surface area contributed by atoms with Crippen LogP contribution in [0.25, 0.3) is 0 Å². The lowest BCUT2D eigenvalue weighted by Crippen LogP contribution is -1.24. The molecule has 48 valence electrons. The van der Waals surface area contributed by atoms with Crippen molar-refractivity contribution < 1.29 is 0 Å². The maximum atomic E-state index is 2.90. The Morgan fingerprint density at radius 2 is 2.12 bits per heavy atom. The van der Waals surface area contributed by atoms with E-state index in [4.69, 9.17) is 0 Å². The van der Waals surface area contributed by atoms with Crippen LogP contribution in [-0.4, -0.2) is 13.3 Å². The Kier molecular flexibility index (Phi) is 9.58. The van der Waals surface area contributed by atoms with Gasteiger partial charge in [0.25, 0.3) is 0 Å². The van der Waals surface area contributed by atoms with Crippen LogP contribution in [0.5, 0.6) is 0 Å². The molecule has 6 heteroatoms. The van der Waals surface area contributed by atoms with Gasteiger partial charge in [0, 0.05) is 0 Å². The van der Waals surface area contributed by atoms with E-state index >= 15 is 0 Å². The summed E-state index contributed by atoms with van der Waals surface area (Å²) in [4.78, 5) is 0. The average Bonchev–Trinajstić information content (AvgIpc) is 1.66. The molecule has 0 aromatic carbocycles. The first-order valence-corrected chi connectivity index (χ1v) is 13.0. The quantitative estimate of drug-likeness (QED) is 0.617. The molecule has 0 saturated heterocycles. The van der Waals surface area contributed by atoms with Gasteiger partial charge in [-0.3, -0.25) is 0 Å². The predicted molar refractivity (Wildman–Crippen MR) is 58.9 cm³/mol. The fourth-order valence-corrected chi connectivity index (χ4v) is 19.4. The molecule has 0 aliphatic rings. The van der Waals surface area contributed by atoms with Gasteiger partial charge in [-0.1, -0.05) is 15.6 Å². The summed E-state index contributed by atoms with van der Waals surface area (Å²) >= 11 is 0. The highest BCUT2D eigenvalue weighted by molar-refractivity contribution is 8.68. The van der Waals surface area contributed by atoms with Crippen LogP contribution < -0.4 is 0 Å². The molecule has 8 heavy (non-hydrogen) atoms. The fraction of sp³-hybridized carbons (Fsp3) is 1.00. The minimum Gasteiger partial charge on any atom is -0.107 e. The number of hydrogen-bond donors (Lipinski definition) is 0. The highest BCUT2D eigenvalue weighted by Crippen LogP contribution is 2.68. The fourth-order valence-electron chi connectivity index (χ4n) is 0.143. The molecule has 3 unspecified atom stereocenters. The molecule has 0 N–H and O–H groups in total. The van der Waals surface area contributed by atoms with Crippen LogP contribution in [0.1, 0.15) is 0 Å². The van der Waals surface area contributed by atoms with E-state index in [2.05, 4.69) is 22.3 Å². The Labute approximate surface area is 61.3 Å². The Bertz CT molecular complexity index is 66.9. The second kappa shape index (κ2) is 7.43. The second-order valence-corrected chi connectivity index (χ2v) is 17.9. The van der Waals surface area contributed by atoms with Crippen molar-refractivity contribution in [3.8, 4) is 0 Å². The predicted octanol–water partition coefficient (Wildman–Crippen LogP) is 4.43. The van der Waals surface area contributed by atoms with Crippen molar-refractivity contribution in [2.45, 2.75) is 0 Å². The highest BCUT2D eigenvalue weighted by Gasteiger charge is 1.84. The van der Waals surface area contributed by atoms with Gasteiger partial charge < -0.3 is 0 Å². The van der Waals surface area contributed by atoms with Gasteiger partial charge in [0.05, 0.1) is 0 Å². The van der Waals surface area contributed by atoms with Crippen LogP contribution in [0, 0.1) is 0 Å². The molecule has 0 rings (SSSR count). The van der Waals surface area contributed by atoms with E-state index in [0.29, 0.717) is 7.30 Å². The first-order valence-electron chi connectivity index (χ1n) is 2.08. The number of rotatable bonds is 3. The van der Waals surface area contributed by atoms with Gasteiger partial charge in [-0.25, -0.2) is 0 Å². The number of hydrogen-bond acceptors (Lipinski definition) is 0. The molecule has 0 aromatic heterocycles. The summed E-state index contributed by atoms with van der Waals surface area (Å²) in [6.07, 6.45) is 0. The van der Waals surface area contributed by atoms with E-state index in [-0.39, 0.29) is 0 Å². The summed E-state index contributed by atoms with van der Waals surface area (Å²) in [5.41, 5.74) is 0. The van der Waals surface area contributed by atoms with Crippen LogP contribution in [0.3, 0.4) is 0 Å². The molecular weight excluding hydrogens is 210 g/mol. The molecule has 0 spiro atoms. The van der Waals surface area contributed by atoms with E-state index < -0.39 is 0 Å². The van der Waals surface area contributed by atoms with Crippen molar-refractivity contribution >= 4 is 47.6 Å². The topological polar surface area (TPSA) is 0 Å². The summed E-state index contributed by atoms with van der Waals surface area (Å²) in [5, 5.41) is 0. The van der Waals surface area contributed by atoms with Gasteiger partial charge in [0.2, 0.25) is 0 Å². The molecule has 0 aromatic rings. The third kappa shape index (κ3) is 8.32. The van der Waals surface area contributed by atoms with Gasteiger partial charge in [-0.05, 0) is 36.4 Å². The van der Waals surface area contributed by atoms with Crippen LogP contribution >= 0.6 is 47.6 Å². The molecule has 0 saturated carbocycles. The third-order valence-electron chi connectivity index (χ3n) is 0.352. The molecule has 0 nitrogen and oxygen atoms in total. The average molecular weight is 220 g/mol. The van der Waals surface area contributed by atoms with E-state index in [9.17, 15) is 0 Å². The maximum absolute atomic E-state index is 2.90. The Hall–Kier alpha value is 2.32. The van der Waals surface area contributed by atoms with Crippen molar-refractivity contribution in [2.24, 2.45) is 0 Å². The van der Waals surface area contributed by atoms with E-state index in [1.165, 1.54) is 7.96 Å². The van der Waals surface area contributed by atoms with Gasteiger partial charge in [-0.15, -0.1) is 8.93 Å². The maximum Gasteiger partial charge on any atom is -0.0338 e. The molecule has 0 aliphatic carbocycles. The van der Waals surface area contributed by atoms with E-state index in [0.717, 1.165) is 8.27 Å². The second-order valence-electron chi connectivity index (χ2n) is 1.13. The van der Waals surface area contributed by atoms with Gasteiger partial charge in [0.1, 0.15) is 0 Å². The normalized spacial score (nSPS) is 17.9. The highest BCUT2D eigenvalue weighted by atomic mass is 32.7. The van der Waals surface area contributed by atoms with Crippen LogP contribution in [0.2, 0.25) is 0 Å². The zero-order chi connectivity index (χ0) is 6.41. The van der Waals surface area contributed by atoms with Crippen molar-refractivity contribution in [1.29, 1.82) is 0 Å². The Balaban J connectivity index is 3.03. The minimum absolute atomic E-state index is 0.318. The monoisotopic (exact) mass is 220 g/mol.